The third kappa shape index (κ3) is 7.96. The first kappa shape index (κ1) is 23.2. The van der Waals surface area contributed by atoms with Crippen molar-refractivity contribution in [2.45, 2.75) is 6.42 Å². The Bertz CT molecular complexity index is 989. The fourth-order valence-corrected chi connectivity index (χ4v) is 2.98. The Morgan fingerprint density at radius 1 is 0.567 bits per heavy atom. The Morgan fingerprint density at radius 3 is 1.57 bits per heavy atom. The number of hydrogen-bond donors (Lipinski definition) is 0. The van der Waals surface area contributed by atoms with Crippen LogP contribution in [0.5, 0.6) is 0 Å². The average Bonchev–Trinajstić information content (AvgIpc) is 2.74. The Morgan fingerprint density at radius 2 is 1.03 bits per heavy atom. The van der Waals surface area contributed by atoms with E-state index in [1.807, 2.05) is 30.3 Å². The zero-order valence-electron chi connectivity index (χ0n) is 15.8. The molecule has 30 heavy (non-hydrogen) atoms. The molecule has 0 saturated carbocycles. The molecule has 0 aliphatic heterocycles. The molecule has 0 bridgehead atoms. The van der Waals surface area contributed by atoms with E-state index in [0.717, 1.165) is 23.5 Å². The molecule has 3 aromatic carbocycles. The topological polar surface area (TPSA) is 11.3 Å². The van der Waals surface area contributed by atoms with Crippen molar-refractivity contribution in [1.29, 1.82) is 0 Å². The predicted octanol–water partition coefficient (Wildman–Crippen LogP) is 9.24. The maximum absolute atomic E-state index is 6.23. The van der Waals surface area contributed by atoms with E-state index in [2.05, 4.69) is 72.8 Å². The van der Waals surface area contributed by atoms with E-state index in [1.165, 1.54) is 16.7 Å². The van der Waals surface area contributed by atoms with Gasteiger partial charge >= 0.3 is 61.1 Å². The zero-order valence-corrected chi connectivity index (χ0v) is 19.9. The molecule has 0 atom stereocenters. The van der Waals surface area contributed by atoms with Crippen LogP contribution in [0.4, 0.5) is 0 Å². The largest absolute Gasteiger partial charge is 0.360 e. The fourth-order valence-electron chi connectivity index (χ4n) is 2.98. The van der Waals surface area contributed by atoms with Gasteiger partial charge in [0.25, 0.3) is 0 Å². The van der Waals surface area contributed by atoms with Gasteiger partial charge in [0.1, 0.15) is 0 Å². The van der Waals surface area contributed by atoms with E-state index < -0.39 is 9.20 Å². The normalized spacial score (nSPS) is 11.3. The van der Waals surface area contributed by atoms with Crippen molar-refractivity contribution in [2.75, 3.05) is 0 Å². The summed E-state index contributed by atoms with van der Waals surface area (Å²) in [5.74, 6) is 1.86. The Hall–Kier alpha value is -1.51. The minimum absolute atomic E-state index is 0.779. The summed E-state index contributed by atoms with van der Waals surface area (Å²) in [7, 11) is 17.2. The molecule has 1 heterocycles. The van der Waals surface area contributed by atoms with Gasteiger partial charge in [-0.2, -0.15) is 0 Å². The van der Waals surface area contributed by atoms with Crippen LogP contribution in [0.25, 0.3) is 22.5 Å². The van der Waals surface area contributed by atoms with Crippen molar-refractivity contribution in [3.8, 4) is 22.5 Å². The summed E-state index contributed by atoms with van der Waals surface area (Å²) in [5, 5.41) is 0. The van der Waals surface area contributed by atoms with Gasteiger partial charge in [-0.1, -0.05) is 78.9 Å². The number of rotatable bonds is 4. The van der Waals surface area contributed by atoms with E-state index in [0.29, 0.717) is 0 Å². The minimum Gasteiger partial charge on any atom is -0.212 e. The zero-order chi connectivity index (χ0) is 21.4. The summed E-state index contributed by atoms with van der Waals surface area (Å²) in [5.41, 5.74) is 4.71. The summed E-state index contributed by atoms with van der Waals surface area (Å²) < 4.78 is 6.23. The maximum atomic E-state index is 6.23. The van der Waals surface area contributed by atoms with Crippen molar-refractivity contribution in [3.63, 3.8) is 0 Å². The molecule has 0 fully saturated rings. The molecule has 4 aromatic rings. The van der Waals surface area contributed by atoms with Gasteiger partial charge < -0.3 is 0 Å². The van der Waals surface area contributed by atoms with Crippen LogP contribution in [0.3, 0.4) is 0 Å². The van der Waals surface area contributed by atoms with Gasteiger partial charge in [0.15, 0.2) is 0 Å². The van der Waals surface area contributed by atoms with Crippen LogP contribution in [0, 0.1) is 0 Å². The monoisotopic (exact) mass is 519 g/mol. The van der Waals surface area contributed by atoms with Crippen LogP contribution < -0.4 is 0 Å². The minimum atomic E-state index is -2.61. The molecule has 0 aliphatic carbocycles. The van der Waals surface area contributed by atoms with Crippen molar-refractivity contribution >= 4 is 40.4 Å². The van der Waals surface area contributed by atoms with Gasteiger partial charge in [0.2, 0.25) is 0 Å². The summed E-state index contributed by atoms with van der Waals surface area (Å²) in [6, 6.07) is 35.4. The van der Waals surface area contributed by atoms with E-state index in [4.69, 9.17) is 44.8 Å². The second-order valence-electron chi connectivity index (χ2n) is 6.37. The van der Waals surface area contributed by atoms with Crippen LogP contribution >= 0.6 is 40.4 Å². The Labute approximate surface area is 196 Å². The summed E-state index contributed by atoms with van der Waals surface area (Å²) in [6.45, 7) is 0. The molecule has 0 amide bonds. The van der Waals surface area contributed by atoms with Crippen LogP contribution in [0.2, 0.25) is 0 Å². The molecule has 0 radical (unpaired) electrons. The number of benzene rings is 3. The Balaban J connectivity index is 0.000000461. The molecule has 157 valence electrons. The molecule has 4 rings (SSSR count). The molecule has 6 heteroatoms. The smallest absolute Gasteiger partial charge is 0.212 e. The SMILES string of the molecule is [Cl][Fe-]([Cl])([Cl])[Cl].c1ccc(Cc2cc(-c3ccccc3)cc(-c3ccccc3)[o+]2)cc1. The van der Waals surface area contributed by atoms with Crippen LogP contribution in [0.15, 0.2) is 108 Å². The van der Waals surface area contributed by atoms with Gasteiger partial charge in [0, 0.05) is 11.6 Å². The molecule has 0 unspecified atom stereocenters. The molecule has 0 spiro atoms. The summed E-state index contributed by atoms with van der Waals surface area (Å²) in [4.78, 5) is 0. The van der Waals surface area contributed by atoms with Crippen molar-refractivity contribution in [1.82, 2.24) is 0 Å². The molecule has 1 nitrogen and oxygen atoms in total. The average molecular weight is 521 g/mol. The van der Waals surface area contributed by atoms with Gasteiger partial charge in [-0.05, 0) is 23.3 Å². The second-order valence-corrected chi connectivity index (χ2v) is 17.3. The maximum Gasteiger partial charge on any atom is 0.360 e. The third-order valence-corrected chi connectivity index (χ3v) is 4.23. The first-order valence-corrected chi connectivity index (χ1v) is 15.1. The van der Waals surface area contributed by atoms with E-state index in [-0.39, 0.29) is 0 Å². The summed E-state index contributed by atoms with van der Waals surface area (Å²) >= 11 is 0. The van der Waals surface area contributed by atoms with Gasteiger partial charge in [-0.25, -0.2) is 4.42 Å². The van der Waals surface area contributed by atoms with Crippen molar-refractivity contribution in [2.24, 2.45) is 0 Å². The van der Waals surface area contributed by atoms with E-state index >= 15 is 0 Å². The molecular weight excluding hydrogens is 502 g/mol. The summed E-state index contributed by atoms with van der Waals surface area (Å²) in [6.07, 6.45) is 0.779. The van der Waals surface area contributed by atoms with E-state index in [9.17, 15) is 0 Å². The predicted molar refractivity (Wildman–Crippen MR) is 127 cm³/mol. The number of halogens is 4. The molecule has 0 N–H and O–H groups in total. The van der Waals surface area contributed by atoms with Gasteiger partial charge in [-0.15, -0.1) is 0 Å². The number of hydrogen-bond acceptors (Lipinski definition) is 0. The molecule has 1 aromatic heterocycles. The third-order valence-electron chi connectivity index (χ3n) is 4.23. The van der Waals surface area contributed by atoms with Gasteiger partial charge in [0.05, 0.1) is 18.1 Å². The first-order valence-electron chi connectivity index (χ1n) is 9.04. The first-order chi connectivity index (χ1) is 14.4. The molecule has 0 saturated heterocycles. The van der Waals surface area contributed by atoms with E-state index in [1.54, 1.807) is 0 Å². The standard InChI is InChI=1S/C24H19O.4ClH.Fe/c1-4-10-19(11-5-1)16-23-17-22(20-12-6-2-7-13-20)18-24(25-23)21-14-8-3-9-15-21;;;;;/h1-15,17-18H,16H2;4*1H;/q+1;;;;;+3/p-4. The second kappa shape index (κ2) is 11.2. The molecular formula is C24H19Cl4FeO. The van der Waals surface area contributed by atoms with Crippen LogP contribution in [-0.2, 0) is 15.6 Å². The quantitative estimate of drug-likeness (QED) is 0.193. The van der Waals surface area contributed by atoms with Crippen LogP contribution in [-0.4, -0.2) is 0 Å². The van der Waals surface area contributed by atoms with Crippen LogP contribution in [0.1, 0.15) is 11.3 Å². The fraction of sp³-hybridized carbons (Fsp3) is 0.0417. The Kier molecular flexibility index (Phi) is 8.65. The van der Waals surface area contributed by atoms with Crippen molar-refractivity contribution < 1.29 is 13.6 Å². The van der Waals surface area contributed by atoms with Gasteiger partial charge in [-0.3, -0.25) is 0 Å². The molecule has 0 aliphatic rings. The van der Waals surface area contributed by atoms with Crippen molar-refractivity contribution in [3.05, 3.63) is 114 Å².